The molecule has 0 N–H and O–H groups in total. The quantitative estimate of drug-likeness (QED) is 0.373. The van der Waals surface area contributed by atoms with Crippen LogP contribution in [0.5, 0.6) is 5.75 Å². The molecule has 0 spiro atoms. The second kappa shape index (κ2) is 11.5. The maximum Gasteiger partial charge on any atom is 0.274 e. The van der Waals surface area contributed by atoms with Gasteiger partial charge in [0.2, 0.25) is 5.91 Å². The van der Waals surface area contributed by atoms with Gasteiger partial charge in [-0.15, -0.1) is 0 Å². The smallest absolute Gasteiger partial charge is 0.274 e. The van der Waals surface area contributed by atoms with Gasteiger partial charge in [-0.2, -0.15) is 5.10 Å². The summed E-state index contributed by atoms with van der Waals surface area (Å²) in [6.45, 7) is 2.22. The zero-order valence-electron chi connectivity index (χ0n) is 19.4. The number of aromatic nitrogens is 1. The van der Waals surface area contributed by atoms with Crippen molar-refractivity contribution < 1.29 is 14.3 Å². The molecule has 9 heteroatoms. The molecule has 0 saturated carbocycles. The highest BCUT2D eigenvalue weighted by atomic mass is 35.5. The number of amides is 2. The number of hydrogen-bond donors (Lipinski definition) is 0. The Labute approximate surface area is 209 Å². The monoisotopic (exact) mass is 491 g/mol. The normalized spacial score (nSPS) is 13.7. The average Bonchev–Trinajstić information content (AvgIpc) is 2.91. The van der Waals surface area contributed by atoms with Gasteiger partial charge in [-0.3, -0.25) is 14.6 Å². The lowest BCUT2D eigenvalue weighted by Gasteiger charge is -2.37. The van der Waals surface area contributed by atoms with Gasteiger partial charge in [-0.1, -0.05) is 35.9 Å². The van der Waals surface area contributed by atoms with Crippen LogP contribution in [0.4, 0.5) is 5.69 Å². The van der Waals surface area contributed by atoms with Gasteiger partial charge in [0.25, 0.3) is 5.91 Å². The summed E-state index contributed by atoms with van der Waals surface area (Å²) in [7, 11) is 1.65. The van der Waals surface area contributed by atoms with E-state index >= 15 is 0 Å². The van der Waals surface area contributed by atoms with Gasteiger partial charge in [0.15, 0.2) is 0 Å². The lowest BCUT2D eigenvalue weighted by molar-refractivity contribution is -0.132. The van der Waals surface area contributed by atoms with Crippen molar-refractivity contribution in [2.75, 3.05) is 44.7 Å². The van der Waals surface area contributed by atoms with Crippen LogP contribution in [0.3, 0.4) is 0 Å². The molecule has 180 valence electrons. The molecule has 1 fully saturated rings. The molecule has 4 rings (SSSR count). The maximum absolute atomic E-state index is 13.2. The molecule has 3 aromatic rings. The molecule has 2 amide bonds. The van der Waals surface area contributed by atoms with Gasteiger partial charge in [0.1, 0.15) is 12.3 Å². The first-order valence-corrected chi connectivity index (χ1v) is 11.6. The Morgan fingerprint density at radius 3 is 2.51 bits per heavy atom. The fourth-order valence-corrected chi connectivity index (χ4v) is 4.05. The number of nitrogens with zero attached hydrogens (tertiary/aromatic N) is 5. The Morgan fingerprint density at radius 1 is 1.06 bits per heavy atom. The van der Waals surface area contributed by atoms with Gasteiger partial charge in [-0.25, -0.2) is 5.01 Å². The van der Waals surface area contributed by atoms with Crippen molar-refractivity contribution in [3.05, 3.63) is 89.2 Å². The third-order valence-electron chi connectivity index (χ3n) is 5.70. The molecular formula is C26H26ClN5O3. The van der Waals surface area contributed by atoms with E-state index in [1.54, 1.807) is 42.3 Å². The van der Waals surface area contributed by atoms with Gasteiger partial charge in [-0.05, 0) is 42.0 Å². The molecule has 1 aromatic heterocycles. The number of benzene rings is 2. The summed E-state index contributed by atoms with van der Waals surface area (Å²) in [6, 6.07) is 18.1. The summed E-state index contributed by atoms with van der Waals surface area (Å²) >= 11 is 6.06. The van der Waals surface area contributed by atoms with Crippen molar-refractivity contribution in [1.29, 1.82) is 0 Å². The second-order valence-electron chi connectivity index (χ2n) is 7.94. The van der Waals surface area contributed by atoms with E-state index in [0.29, 0.717) is 36.8 Å². The van der Waals surface area contributed by atoms with Crippen LogP contribution in [0, 0.1) is 0 Å². The van der Waals surface area contributed by atoms with E-state index in [0.717, 1.165) is 17.0 Å². The molecule has 0 radical (unpaired) electrons. The summed E-state index contributed by atoms with van der Waals surface area (Å²) < 4.78 is 5.47. The fourth-order valence-electron chi connectivity index (χ4n) is 3.85. The largest absolute Gasteiger partial charge is 0.495 e. The number of piperazine rings is 1. The number of carbonyl (C=O) groups is 2. The molecule has 35 heavy (non-hydrogen) atoms. The molecule has 1 saturated heterocycles. The number of methoxy groups -OCH3 is 1. The molecule has 2 heterocycles. The number of carbonyl (C=O) groups excluding carboxylic acids is 2. The minimum absolute atomic E-state index is 0.171. The number of ether oxygens (including phenoxy) is 1. The number of hydrazone groups is 1. The van der Waals surface area contributed by atoms with E-state index in [2.05, 4.69) is 15.0 Å². The zero-order chi connectivity index (χ0) is 24.6. The van der Waals surface area contributed by atoms with E-state index in [-0.39, 0.29) is 18.4 Å². The van der Waals surface area contributed by atoms with E-state index in [1.165, 1.54) is 23.6 Å². The van der Waals surface area contributed by atoms with Crippen molar-refractivity contribution in [2.45, 2.75) is 0 Å². The van der Waals surface area contributed by atoms with Crippen LogP contribution >= 0.6 is 11.6 Å². The Balaban J connectivity index is 1.45. The standard InChI is InChI=1S/C26H26ClN5O3/c1-35-24-8-3-2-7-23(24)30-13-15-31(16-14-30)25(33)19-32(26(34)21-9-11-28-12-10-21)29-18-20-5-4-6-22(27)17-20/h2-12,17-18H,13-16,19H2,1H3/b29-18+. The first kappa shape index (κ1) is 24.2. The van der Waals surface area contributed by atoms with Crippen LogP contribution in [0.1, 0.15) is 15.9 Å². The molecule has 1 aliphatic heterocycles. The van der Waals surface area contributed by atoms with E-state index in [4.69, 9.17) is 16.3 Å². The van der Waals surface area contributed by atoms with Crippen molar-refractivity contribution in [2.24, 2.45) is 5.10 Å². The molecular weight excluding hydrogens is 466 g/mol. The van der Waals surface area contributed by atoms with Gasteiger partial charge >= 0.3 is 0 Å². The number of halogens is 1. The van der Waals surface area contributed by atoms with Crippen LogP contribution < -0.4 is 9.64 Å². The molecule has 0 bridgehead atoms. The first-order valence-electron chi connectivity index (χ1n) is 11.2. The maximum atomic E-state index is 13.2. The summed E-state index contributed by atoms with van der Waals surface area (Å²) in [5, 5.41) is 6.08. The summed E-state index contributed by atoms with van der Waals surface area (Å²) in [5.41, 5.74) is 2.13. The van der Waals surface area contributed by atoms with Gasteiger partial charge < -0.3 is 14.5 Å². The van der Waals surface area contributed by atoms with Crippen LogP contribution in [-0.2, 0) is 4.79 Å². The molecule has 0 atom stereocenters. The lowest BCUT2D eigenvalue weighted by atomic mass is 10.2. The highest BCUT2D eigenvalue weighted by Gasteiger charge is 2.26. The number of anilines is 1. The molecule has 0 unspecified atom stereocenters. The topological polar surface area (TPSA) is 78.3 Å². The van der Waals surface area contributed by atoms with E-state index in [1.807, 2.05) is 30.3 Å². The first-order chi connectivity index (χ1) is 17.0. The van der Waals surface area contributed by atoms with E-state index in [9.17, 15) is 9.59 Å². The lowest BCUT2D eigenvalue weighted by Crippen LogP contribution is -2.51. The Bertz CT molecular complexity index is 1200. The Morgan fingerprint density at radius 2 is 1.80 bits per heavy atom. The zero-order valence-corrected chi connectivity index (χ0v) is 20.1. The van der Waals surface area contributed by atoms with Crippen LogP contribution in [0.2, 0.25) is 5.02 Å². The number of rotatable bonds is 7. The number of hydrogen-bond acceptors (Lipinski definition) is 6. The average molecular weight is 492 g/mol. The molecule has 1 aliphatic rings. The predicted molar refractivity (Wildman–Crippen MR) is 136 cm³/mol. The fraction of sp³-hybridized carbons (Fsp3) is 0.231. The van der Waals surface area contributed by atoms with Crippen molar-refractivity contribution in [1.82, 2.24) is 14.9 Å². The van der Waals surface area contributed by atoms with Crippen LogP contribution in [0.15, 0.2) is 78.2 Å². The van der Waals surface area contributed by atoms with Crippen molar-refractivity contribution >= 4 is 35.3 Å². The molecule has 0 aliphatic carbocycles. The van der Waals surface area contributed by atoms with Crippen molar-refractivity contribution in [3.63, 3.8) is 0 Å². The van der Waals surface area contributed by atoms with Gasteiger partial charge in [0, 0.05) is 49.2 Å². The van der Waals surface area contributed by atoms with Crippen molar-refractivity contribution in [3.8, 4) is 5.75 Å². The highest BCUT2D eigenvalue weighted by molar-refractivity contribution is 6.30. The predicted octanol–water partition coefficient (Wildman–Crippen LogP) is 3.57. The molecule has 8 nitrogen and oxygen atoms in total. The summed E-state index contributed by atoms with van der Waals surface area (Å²) in [4.78, 5) is 34.2. The second-order valence-corrected chi connectivity index (χ2v) is 8.37. The van der Waals surface area contributed by atoms with Crippen LogP contribution in [0.25, 0.3) is 0 Å². The number of pyridine rings is 1. The van der Waals surface area contributed by atoms with Crippen LogP contribution in [-0.4, -0.2) is 72.8 Å². The van der Waals surface area contributed by atoms with E-state index < -0.39 is 0 Å². The minimum Gasteiger partial charge on any atom is -0.495 e. The molecule has 2 aromatic carbocycles. The number of para-hydroxylation sites is 2. The Kier molecular flexibility index (Phi) is 7.95. The Hall–Kier alpha value is -3.91. The minimum atomic E-state index is -0.383. The summed E-state index contributed by atoms with van der Waals surface area (Å²) in [5.74, 6) is 0.249. The third-order valence-corrected chi connectivity index (χ3v) is 5.93. The third kappa shape index (κ3) is 6.16. The highest BCUT2D eigenvalue weighted by Crippen LogP contribution is 2.28. The van der Waals surface area contributed by atoms with Gasteiger partial charge in [0.05, 0.1) is 19.0 Å². The summed E-state index contributed by atoms with van der Waals surface area (Å²) in [6.07, 6.45) is 4.59. The SMILES string of the molecule is COc1ccccc1N1CCN(C(=O)CN(/N=C/c2cccc(Cl)c2)C(=O)c2ccncc2)CC1.